The number of hydrogen-bond acceptors (Lipinski definition) is 2. The highest BCUT2D eigenvalue weighted by atomic mass is 16.2. The number of amides is 2. The van der Waals surface area contributed by atoms with Gasteiger partial charge in [-0.1, -0.05) is 0 Å². The number of aromatic amines is 1. The molecule has 1 heterocycles. The fourth-order valence-electron chi connectivity index (χ4n) is 6.65. The summed E-state index contributed by atoms with van der Waals surface area (Å²) >= 11 is 0. The zero-order chi connectivity index (χ0) is 19.3. The van der Waals surface area contributed by atoms with E-state index in [-0.39, 0.29) is 23.8 Å². The summed E-state index contributed by atoms with van der Waals surface area (Å²) in [4.78, 5) is 28.1. The molecule has 0 spiro atoms. The molecule has 4 saturated carbocycles. The highest BCUT2D eigenvalue weighted by Crippen LogP contribution is 2.61. The number of carbonyl (C=O) groups excluding carboxylic acids is 2. The van der Waals surface area contributed by atoms with Crippen molar-refractivity contribution >= 4 is 28.4 Å². The molecule has 4 bridgehead atoms. The van der Waals surface area contributed by atoms with Gasteiger partial charge in [0.05, 0.1) is 6.54 Å². The Morgan fingerprint density at radius 2 is 1.71 bits per heavy atom. The smallest absolute Gasteiger partial charge is 0.243 e. The minimum Gasteiger partial charge on any atom is -0.359 e. The van der Waals surface area contributed by atoms with E-state index >= 15 is 0 Å². The highest BCUT2D eigenvalue weighted by Gasteiger charge is 2.51. The number of rotatable bonds is 5. The van der Waals surface area contributed by atoms with Gasteiger partial charge in [0.1, 0.15) is 0 Å². The van der Waals surface area contributed by atoms with Crippen LogP contribution >= 0.6 is 0 Å². The Hall–Kier alpha value is -2.30. The number of aryl methyl sites for hydroxylation is 1. The van der Waals surface area contributed by atoms with Crippen LogP contribution in [0.3, 0.4) is 0 Å². The number of fused-ring (bicyclic) bond motifs is 1. The van der Waals surface area contributed by atoms with Gasteiger partial charge < -0.3 is 15.6 Å². The first-order chi connectivity index (χ1) is 13.5. The molecular formula is C23H29N3O2. The lowest BCUT2D eigenvalue weighted by Crippen LogP contribution is -2.48. The van der Waals surface area contributed by atoms with Crippen LogP contribution in [0.1, 0.15) is 50.6 Å². The number of anilines is 1. The maximum absolute atomic E-state index is 12.6. The summed E-state index contributed by atoms with van der Waals surface area (Å²) in [6.07, 6.45) is 8.40. The molecular weight excluding hydrogens is 350 g/mol. The third-order valence-corrected chi connectivity index (χ3v) is 7.19. The molecule has 28 heavy (non-hydrogen) atoms. The number of H-pyrrole nitrogens is 1. The molecule has 2 aromatic rings. The van der Waals surface area contributed by atoms with Crippen molar-refractivity contribution in [2.45, 2.75) is 51.9 Å². The van der Waals surface area contributed by atoms with Gasteiger partial charge >= 0.3 is 0 Å². The normalized spacial score (nSPS) is 30.5. The first kappa shape index (κ1) is 17.8. The van der Waals surface area contributed by atoms with Crippen LogP contribution in [0.25, 0.3) is 10.9 Å². The Kier molecular flexibility index (Phi) is 4.22. The molecule has 4 aliphatic carbocycles. The Morgan fingerprint density at radius 1 is 1.04 bits per heavy atom. The van der Waals surface area contributed by atoms with Crippen molar-refractivity contribution in [1.29, 1.82) is 0 Å². The van der Waals surface area contributed by atoms with E-state index in [9.17, 15) is 9.59 Å². The Balaban J connectivity index is 1.14. The van der Waals surface area contributed by atoms with E-state index < -0.39 is 0 Å². The van der Waals surface area contributed by atoms with Gasteiger partial charge in [0.2, 0.25) is 11.8 Å². The highest BCUT2D eigenvalue weighted by molar-refractivity contribution is 5.96. The average Bonchev–Trinajstić information content (AvgIpc) is 2.97. The molecule has 0 saturated heterocycles. The molecule has 4 fully saturated rings. The average molecular weight is 380 g/mol. The fourth-order valence-corrected chi connectivity index (χ4v) is 6.65. The number of hydrogen-bond donors (Lipinski definition) is 3. The van der Waals surface area contributed by atoms with E-state index in [4.69, 9.17) is 0 Å². The lowest BCUT2D eigenvalue weighted by molar-refractivity contribution is -0.131. The van der Waals surface area contributed by atoms with Crippen molar-refractivity contribution < 1.29 is 9.59 Å². The molecule has 1 aromatic carbocycles. The molecule has 3 N–H and O–H groups in total. The van der Waals surface area contributed by atoms with Gasteiger partial charge in [-0.05, 0) is 92.9 Å². The van der Waals surface area contributed by atoms with Crippen LogP contribution in [-0.4, -0.2) is 23.3 Å². The van der Waals surface area contributed by atoms with Crippen molar-refractivity contribution in [2.75, 3.05) is 11.9 Å². The molecule has 1 aromatic heterocycles. The van der Waals surface area contributed by atoms with Crippen LogP contribution < -0.4 is 10.6 Å². The Morgan fingerprint density at radius 3 is 2.39 bits per heavy atom. The largest absolute Gasteiger partial charge is 0.359 e. The molecule has 0 aliphatic heterocycles. The van der Waals surface area contributed by atoms with Gasteiger partial charge in [-0.15, -0.1) is 0 Å². The molecule has 6 rings (SSSR count). The zero-order valence-corrected chi connectivity index (χ0v) is 16.5. The van der Waals surface area contributed by atoms with Gasteiger partial charge in [-0.25, -0.2) is 0 Å². The number of benzene rings is 1. The lowest BCUT2D eigenvalue weighted by atomic mass is 9.49. The monoisotopic (exact) mass is 379 g/mol. The minimum atomic E-state index is -0.175. The topological polar surface area (TPSA) is 74.0 Å². The minimum absolute atomic E-state index is 0.0359. The first-order valence-corrected chi connectivity index (χ1v) is 10.6. The lowest BCUT2D eigenvalue weighted by Gasteiger charge is -2.56. The standard InChI is InChI=1S/C23H29N3O2/c1-14-4-18-8-19(2-3-20(18)25-14)26-22(28)13-24-21(27)12-23-9-15-5-16(10-23)7-17(6-15)11-23/h2-4,8,15-17,25H,5-7,9-13H2,1H3,(H,24,27)(H,26,28). The summed E-state index contributed by atoms with van der Waals surface area (Å²) in [6.45, 7) is 2.05. The number of nitrogens with one attached hydrogen (secondary N) is 3. The maximum atomic E-state index is 12.6. The summed E-state index contributed by atoms with van der Waals surface area (Å²) < 4.78 is 0. The number of aromatic nitrogens is 1. The maximum Gasteiger partial charge on any atom is 0.243 e. The van der Waals surface area contributed by atoms with E-state index in [2.05, 4.69) is 21.7 Å². The van der Waals surface area contributed by atoms with Crippen molar-refractivity contribution in [3.63, 3.8) is 0 Å². The van der Waals surface area contributed by atoms with E-state index in [1.807, 2.05) is 25.1 Å². The molecule has 0 atom stereocenters. The van der Waals surface area contributed by atoms with E-state index in [1.54, 1.807) is 0 Å². The van der Waals surface area contributed by atoms with E-state index in [1.165, 1.54) is 38.5 Å². The van der Waals surface area contributed by atoms with Crippen LogP contribution in [0.15, 0.2) is 24.3 Å². The molecule has 2 amide bonds. The molecule has 4 aliphatic rings. The van der Waals surface area contributed by atoms with Crippen molar-refractivity contribution in [2.24, 2.45) is 23.2 Å². The summed E-state index contributed by atoms with van der Waals surface area (Å²) in [7, 11) is 0. The van der Waals surface area contributed by atoms with Crippen molar-refractivity contribution in [1.82, 2.24) is 10.3 Å². The van der Waals surface area contributed by atoms with Gasteiger partial charge in [0.15, 0.2) is 0 Å². The Labute approximate surface area is 165 Å². The van der Waals surface area contributed by atoms with Gasteiger partial charge in [-0.3, -0.25) is 9.59 Å². The molecule has 148 valence electrons. The first-order valence-electron chi connectivity index (χ1n) is 10.6. The third kappa shape index (κ3) is 3.43. The van der Waals surface area contributed by atoms with Crippen molar-refractivity contribution in [3.8, 4) is 0 Å². The number of carbonyl (C=O) groups is 2. The summed E-state index contributed by atoms with van der Waals surface area (Å²) in [5, 5.41) is 6.82. The van der Waals surface area contributed by atoms with E-state index in [0.717, 1.165) is 40.0 Å². The molecule has 5 nitrogen and oxygen atoms in total. The van der Waals surface area contributed by atoms with Crippen LogP contribution in [0.5, 0.6) is 0 Å². The quantitative estimate of drug-likeness (QED) is 0.730. The summed E-state index contributed by atoms with van der Waals surface area (Å²) in [5.74, 6) is 2.39. The Bertz CT molecular complexity index is 894. The predicted octanol–water partition coefficient (Wildman–Crippen LogP) is 4.14. The molecule has 0 radical (unpaired) electrons. The van der Waals surface area contributed by atoms with Gasteiger partial charge in [-0.2, -0.15) is 0 Å². The van der Waals surface area contributed by atoms with Crippen LogP contribution in [0.4, 0.5) is 5.69 Å². The second kappa shape index (κ2) is 6.64. The fraction of sp³-hybridized carbons (Fsp3) is 0.565. The summed E-state index contributed by atoms with van der Waals surface area (Å²) in [5.41, 5.74) is 3.12. The van der Waals surface area contributed by atoms with Gasteiger partial charge in [0, 0.05) is 28.7 Å². The zero-order valence-electron chi connectivity index (χ0n) is 16.5. The second-order valence-corrected chi connectivity index (χ2v) is 9.67. The second-order valence-electron chi connectivity index (χ2n) is 9.67. The molecule has 5 heteroatoms. The van der Waals surface area contributed by atoms with Crippen LogP contribution in [0, 0.1) is 30.1 Å². The third-order valence-electron chi connectivity index (χ3n) is 7.19. The predicted molar refractivity (Wildman–Crippen MR) is 110 cm³/mol. The van der Waals surface area contributed by atoms with Crippen LogP contribution in [-0.2, 0) is 9.59 Å². The van der Waals surface area contributed by atoms with Gasteiger partial charge in [0.25, 0.3) is 0 Å². The van der Waals surface area contributed by atoms with E-state index in [0.29, 0.717) is 6.42 Å². The molecule has 0 unspecified atom stereocenters. The van der Waals surface area contributed by atoms with Crippen molar-refractivity contribution in [3.05, 3.63) is 30.0 Å². The SMILES string of the molecule is Cc1cc2cc(NC(=O)CNC(=O)CC34CC5CC(CC(C5)C3)C4)ccc2[nH]1. The van der Waals surface area contributed by atoms with Crippen LogP contribution in [0.2, 0.25) is 0 Å². The summed E-state index contributed by atoms with van der Waals surface area (Å²) in [6, 6.07) is 7.85.